The molecule has 0 aromatic heterocycles. The normalized spacial score (nSPS) is 26.5. The second-order valence-electron chi connectivity index (χ2n) is 6.76. The molecule has 0 aliphatic heterocycles. The third kappa shape index (κ3) is 3.54. The van der Waals surface area contributed by atoms with Gasteiger partial charge in [-0.2, -0.15) is 0 Å². The fraction of sp³-hybridized carbons (Fsp3) is 0.667. The average Bonchev–Trinajstić information content (AvgIpc) is 2.46. The SMILES string of the molecule is CCN(CC1(CN)CCCC(C)C1)c1ccc(C)cc1. The summed E-state index contributed by atoms with van der Waals surface area (Å²) in [7, 11) is 0. The highest BCUT2D eigenvalue weighted by atomic mass is 15.1. The smallest absolute Gasteiger partial charge is 0.0366 e. The third-order valence-electron chi connectivity index (χ3n) is 4.93. The van der Waals surface area contributed by atoms with Crippen LogP contribution in [-0.4, -0.2) is 19.6 Å². The van der Waals surface area contributed by atoms with Crippen LogP contribution in [0.3, 0.4) is 0 Å². The summed E-state index contributed by atoms with van der Waals surface area (Å²) in [6, 6.07) is 8.90. The molecule has 0 amide bonds. The second kappa shape index (κ2) is 6.62. The first-order valence-electron chi connectivity index (χ1n) is 8.10. The summed E-state index contributed by atoms with van der Waals surface area (Å²) >= 11 is 0. The minimum atomic E-state index is 0.318. The van der Waals surface area contributed by atoms with Gasteiger partial charge in [0.15, 0.2) is 0 Å². The molecular formula is C18H30N2. The van der Waals surface area contributed by atoms with Crippen molar-refractivity contribution < 1.29 is 0 Å². The van der Waals surface area contributed by atoms with Crippen LogP contribution < -0.4 is 10.6 Å². The van der Waals surface area contributed by atoms with Gasteiger partial charge in [-0.1, -0.05) is 37.5 Å². The minimum absolute atomic E-state index is 0.318. The van der Waals surface area contributed by atoms with Gasteiger partial charge in [0.2, 0.25) is 0 Å². The first-order chi connectivity index (χ1) is 9.58. The number of hydrogen-bond acceptors (Lipinski definition) is 2. The lowest BCUT2D eigenvalue weighted by atomic mass is 9.69. The van der Waals surface area contributed by atoms with Gasteiger partial charge in [0, 0.05) is 24.2 Å². The Kier molecular flexibility index (Phi) is 5.09. The van der Waals surface area contributed by atoms with Crippen molar-refractivity contribution in [1.82, 2.24) is 0 Å². The Morgan fingerprint density at radius 1 is 1.30 bits per heavy atom. The Morgan fingerprint density at radius 3 is 2.55 bits per heavy atom. The number of anilines is 1. The van der Waals surface area contributed by atoms with E-state index in [9.17, 15) is 0 Å². The maximum absolute atomic E-state index is 6.18. The molecule has 0 bridgehead atoms. The van der Waals surface area contributed by atoms with Crippen molar-refractivity contribution in [2.24, 2.45) is 17.1 Å². The van der Waals surface area contributed by atoms with Crippen LogP contribution >= 0.6 is 0 Å². The first kappa shape index (κ1) is 15.4. The van der Waals surface area contributed by atoms with Gasteiger partial charge in [0.1, 0.15) is 0 Å². The summed E-state index contributed by atoms with van der Waals surface area (Å²) < 4.78 is 0. The van der Waals surface area contributed by atoms with Crippen LogP contribution in [-0.2, 0) is 0 Å². The van der Waals surface area contributed by atoms with E-state index in [1.165, 1.54) is 36.9 Å². The Bertz CT molecular complexity index is 412. The summed E-state index contributed by atoms with van der Waals surface area (Å²) in [5.74, 6) is 0.823. The zero-order valence-corrected chi connectivity index (χ0v) is 13.4. The molecule has 1 aromatic carbocycles. The van der Waals surface area contributed by atoms with Gasteiger partial charge >= 0.3 is 0 Å². The average molecular weight is 274 g/mol. The fourth-order valence-corrected chi connectivity index (χ4v) is 3.71. The summed E-state index contributed by atoms with van der Waals surface area (Å²) in [5.41, 5.74) is 9.16. The third-order valence-corrected chi connectivity index (χ3v) is 4.93. The lowest BCUT2D eigenvalue weighted by molar-refractivity contribution is 0.160. The molecule has 112 valence electrons. The number of rotatable bonds is 5. The monoisotopic (exact) mass is 274 g/mol. The van der Waals surface area contributed by atoms with E-state index in [0.717, 1.165) is 25.6 Å². The van der Waals surface area contributed by atoms with Crippen LogP contribution in [0.15, 0.2) is 24.3 Å². The summed E-state index contributed by atoms with van der Waals surface area (Å²) in [6.07, 6.45) is 5.28. The van der Waals surface area contributed by atoms with Gasteiger partial charge < -0.3 is 10.6 Å². The molecular weight excluding hydrogens is 244 g/mol. The highest BCUT2D eigenvalue weighted by molar-refractivity contribution is 5.47. The molecule has 2 unspecified atom stereocenters. The zero-order valence-electron chi connectivity index (χ0n) is 13.4. The topological polar surface area (TPSA) is 29.3 Å². The van der Waals surface area contributed by atoms with E-state index in [2.05, 4.69) is 49.9 Å². The Labute approximate surface area is 124 Å². The Morgan fingerprint density at radius 2 is 2.00 bits per heavy atom. The van der Waals surface area contributed by atoms with Crippen LogP contribution in [0.2, 0.25) is 0 Å². The Balaban J connectivity index is 2.13. The van der Waals surface area contributed by atoms with Crippen LogP contribution in [0.25, 0.3) is 0 Å². The van der Waals surface area contributed by atoms with Gasteiger partial charge in [-0.15, -0.1) is 0 Å². The molecule has 1 aliphatic rings. The molecule has 0 spiro atoms. The van der Waals surface area contributed by atoms with E-state index in [-0.39, 0.29) is 0 Å². The van der Waals surface area contributed by atoms with Crippen molar-refractivity contribution in [2.75, 3.05) is 24.5 Å². The molecule has 0 saturated heterocycles. The molecule has 20 heavy (non-hydrogen) atoms. The van der Waals surface area contributed by atoms with E-state index in [1.807, 2.05) is 0 Å². The van der Waals surface area contributed by atoms with E-state index >= 15 is 0 Å². The summed E-state index contributed by atoms with van der Waals surface area (Å²) in [5, 5.41) is 0. The molecule has 2 atom stereocenters. The molecule has 1 aliphatic carbocycles. The Hall–Kier alpha value is -1.02. The molecule has 0 heterocycles. The van der Waals surface area contributed by atoms with Crippen molar-refractivity contribution in [2.45, 2.75) is 46.5 Å². The van der Waals surface area contributed by atoms with Gasteiger partial charge in [-0.25, -0.2) is 0 Å². The molecule has 1 aromatic rings. The second-order valence-corrected chi connectivity index (χ2v) is 6.76. The molecule has 0 radical (unpaired) electrons. The van der Waals surface area contributed by atoms with E-state index in [4.69, 9.17) is 5.73 Å². The number of nitrogens with zero attached hydrogens (tertiary/aromatic N) is 1. The van der Waals surface area contributed by atoms with Crippen molar-refractivity contribution in [3.8, 4) is 0 Å². The van der Waals surface area contributed by atoms with Gasteiger partial charge in [-0.3, -0.25) is 0 Å². The summed E-state index contributed by atoms with van der Waals surface area (Å²) in [4.78, 5) is 2.50. The van der Waals surface area contributed by atoms with Gasteiger partial charge in [-0.05, 0) is 51.3 Å². The van der Waals surface area contributed by atoms with Crippen LogP contribution in [0, 0.1) is 18.3 Å². The zero-order chi connectivity index (χ0) is 14.6. The van der Waals surface area contributed by atoms with Crippen molar-refractivity contribution in [1.29, 1.82) is 0 Å². The molecule has 1 saturated carbocycles. The lowest BCUT2D eigenvalue weighted by Gasteiger charge is -2.43. The highest BCUT2D eigenvalue weighted by Crippen LogP contribution is 2.39. The maximum Gasteiger partial charge on any atom is 0.0366 e. The van der Waals surface area contributed by atoms with Gasteiger partial charge in [0.25, 0.3) is 0 Å². The molecule has 2 nitrogen and oxygen atoms in total. The minimum Gasteiger partial charge on any atom is -0.371 e. The van der Waals surface area contributed by atoms with Crippen molar-refractivity contribution in [3.63, 3.8) is 0 Å². The van der Waals surface area contributed by atoms with E-state index < -0.39 is 0 Å². The van der Waals surface area contributed by atoms with Crippen LogP contribution in [0.1, 0.15) is 45.1 Å². The largest absolute Gasteiger partial charge is 0.371 e. The quantitative estimate of drug-likeness (QED) is 0.880. The molecule has 2 heteroatoms. The lowest BCUT2D eigenvalue weighted by Crippen LogP contribution is -2.45. The standard InChI is InChI=1S/C18H30N2/c1-4-20(17-9-7-15(2)8-10-17)14-18(13-19)11-5-6-16(3)12-18/h7-10,16H,4-6,11-14,19H2,1-3H3. The van der Waals surface area contributed by atoms with Gasteiger partial charge in [0.05, 0.1) is 0 Å². The number of benzene rings is 1. The van der Waals surface area contributed by atoms with Crippen LogP contribution in [0.4, 0.5) is 5.69 Å². The summed E-state index contributed by atoms with van der Waals surface area (Å²) in [6.45, 7) is 9.75. The number of nitrogens with two attached hydrogens (primary N) is 1. The highest BCUT2D eigenvalue weighted by Gasteiger charge is 2.35. The predicted molar refractivity (Wildman–Crippen MR) is 88.2 cm³/mol. The van der Waals surface area contributed by atoms with E-state index in [1.54, 1.807) is 0 Å². The number of hydrogen-bond donors (Lipinski definition) is 1. The fourth-order valence-electron chi connectivity index (χ4n) is 3.71. The van der Waals surface area contributed by atoms with E-state index in [0.29, 0.717) is 5.41 Å². The maximum atomic E-state index is 6.18. The first-order valence-corrected chi connectivity index (χ1v) is 8.10. The van der Waals surface area contributed by atoms with Crippen molar-refractivity contribution in [3.05, 3.63) is 29.8 Å². The van der Waals surface area contributed by atoms with Crippen molar-refractivity contribution >= 4 is 5.69 Å². The number of aryl methyl sites for hydroxylation is 1. The molecule has 1 fully saturated rings. The van der Waals surface area contributed by atoms with Crippen LogP contribution in [0.5, 0.6) is 0 Å². The molecule has 2 N–H and O–H groups in total. The predicted octanol–water partition coefficient (Wildman–Crippen LogP) is 3.98. The molecule has 2 rings (SSSR count).